The molecule has 3 heterocycles. The van der Waals surface area contributed by atoms with Crippen LogP contribution in [0.3, 0.4) is 0 Å². The molecule has 0 aromatic carbocycles. The van der Waals surface area contributed by atoms with Gasteiger partial charge in [-0.3, -0.25) is 4.79 Å². The van der Waals surface area contributed by atoms with E-state index in [1.807, 2.05) is 6.92 Å². The van der Waals surface area contributed by atoms with E-state index in [9.17, 15) is 4.79 Å². The highest BCUT2D eigenvalue weighted by Crippen LogP contribution is 2.32. The van der Waals surface area contributed by atoms with Crippen LogP contribution in [0.5, 0.6) is 0 Å². The molecule has 1 aromatic heterocycles. The van der Waals surface area contributed by atoms with Crippen LogP contribution in [-0.2, 0) is 23.4 Å². The summed E-state index contributed by atoms with van der Waals surface area (Å²) < 4.78 is 5.81. The van der Waals surface area contributed by atoms with Gasteiger partial charge in [0.15, 0.2) is 0 Å². The van der Waals surface area contributed by atoms with Gasteiger partial charge in [-0.1, -0.05) is 0 Å². The molecule has 5 nitrogen and oxygen atoms in total. The zero-order valence-corrected chi connectivity index (χ0v) is 10.0. The molecule has 0 radical (unpaired) electrons. The van der Waals surface area contributed by atoms with Crippen molar-refractivity contribution < 1.29 is 4.74 Å². The van der Waals surface area contributed by atoms with Gasteiger partial charge in [-0.05, 0) is 26.2 Å². The standard InChI is InChI=1S/C12H17N3O2/c1-12(4-2-3-5-17-12)11-14-9-7-13-6-8(9)10(16)15-11/h13H,2-7H2,1H3,(H,14,15,16). The molecule has 1 unspecified atom stereocenters. The quantitative estimate of drug-likeness (QED) is 0.755. The number of aromatic amines is 1. The van der Waals surface area contributed by atoms with Crippen LogP contribution in [0.4, 0.5) is 0 Å². The van der Waals surface area contributed by atoms with Gasteiger partial charge < -0.3 is 15.0 Å². The predicted molar refractivity (Wildman–Crippen MR) is 62.6 cm³/mol. The van der Waals surface area contributed by atoms with Crippen molar-refractivity contribution >= 4 is 0 Å². The van der Waals surface area contributed by atoms with E-state index in [0.29, 0.717) is 18.9 Å². The zero-order valence-electron chi connectivity index (χ0n) is 10.0. The third kappa shape index (κ3) is 1.79. The van der Waals surface area contributed by atoms with Crippen molar-refractivity contribution in [3.05, 3.63) is 27.4 Å². The van der Waals surface area contributed by atoms with Gasteiger partial charge >= 0.3 is 0 Å². The van der Waals surface area contributed by atoms with Gasteiger partial charge in [0.05, 0.1) is 11.3 Å². The van der Waals surface area contributed by atoms with E-state index in [2.05, 4.69) is 15.3 Å². The molecular formula is C12H17N3O2. The largest absolute Gasteiger partial charge is 0.367 e. The second-order valence-electron chi connectivity index (χ2n) is 4.98. The molecule has 3 rings (SSSR count). The Balaban J connectivity index is 2.03. The topological polar surface area (TPSA) is 67.0 Å². The average Bonchev–Trinajstić information content (AvgIpc) is 2.78. The van der Waals surface area contributed by atoms with E-state index in [1.165, 1.54) is 0 Å². The fourth-order valence-electron chi connectivity index (χ4n) is 2.55. The van der Waals surface area contributed by atoms with Crippen molar-refractivity contribution in [1.29, 1.82) is 0 Å². The van der Waals surface area contributed by atoms with Gasteiger partial charge in [0, 0.05) is 19.7 Å². The average molecular weight is 235 g/mol. The minimum atomic E-state index is -0.422. The molecule has 2 aliphatic rings. The lowest BCUT2D eigenvalue weighted by molar-refractivity contribution is -0.0763. The van der Waals surface area contributed by atoms with Crippen LogP contribution in [0.25, 0.3) is 0 Å². The molecule has 5 heteroatoms. The Morgan fingerprint density at radius 1 is 1.35 bits per heavy atom. The summed E-state index contributed by atoms with van der Waals surface area (Å²) in [5.41, 5.74) is 1.20. The highest BCUT2D eigenvalue weighted by atomic mass is 16.5. The lowest BCUT2D eigenvalue weighted by Crippen LogP contribution is -2.35. The van der Waals surface area contributed by atoms with Crippen molar-refractivity contribution in [3.63, 3.8) is 0 Å². The second kappa shape index (κ2) is 3.92. The van der Waals surface area contributed by atoms with Gasteiger partial charge in [-0.2, -0.15) is 0 Å². The predicted octanol–water partition coefficient (Wildman–Crippen LogP) is 0.789. The van der Waals surface area contributed by atoms with Gasteiger partial charge in [0.2, 0.25) is 0 Å². The number of aromatic nitrogens is 2. The summed E-state index contributed by atoms with van der Waals surface area (Å²) in [6.07, 6.45) is 3.13. The number of rotatable bonds is 1. The number of hydrogen-bond donors (Lipinski definition) is 2. The van der Waals surface area contributed by atoms with Gasteiger partial charge in [0.1, 0.15) is 11.4 Å². The minimum Gasteiger partial charge on any atom is -0.367 e. The first kappa shape index (κ1) is 10.9. The highest BCUT2D eigenvalue weighted by Gasteiger charge is 2.33. The number of hydrogen-bond acceptors (Lipinski definition) is 4. The summed E-state index contributed by atoms with van der Waals surface area (Å²) in [6, 6.07) is 0. The molecule has 2 aliphatic heterocycles. The minimum absolute atomic E-state index is 0.0228. The van der Waals surface area contributed by atoms with Crippen LogP contribution in [0.1, 0.15) is 43.3 Å². The first-order chi connectivity index (χ1) is 8.19. The summed E-state index contributed by atoms with van der Waals surface area (Å²) in [4.78, 5) is 19.4. The summed E-state index contributed by atoms with van der Waals surface area (Å²) >= 11 is 0. The fourth-order valence-corrected chi connectivity index (χ4v) is 2.55. The Labute approximate surface area is 99.6 Å². The van der Waals surface area contributed by atoms with Crippen LogP contribution >= 0.6 is 0 Å². The Hall–Kier alpha value is -1.20. The molecule has 0 aliphatic carbocycles. The number of nitrogens with one attached hydrogen (secondary N) is 2. The van der Waals surface area contributed by atoms with Crippen LogP contribution < -0.4 is 10.9 Å². The normalized spacial score (nSPS) is 28.1. The smallest absolute Gasteiger partial charge is 0.255 e. The summed E-state index contributed by atoms with van der Waals surface area (Å²) in [7, 11) is 0. The molecule has 2 N–H and O–H groups in total. The lowest BCUT2D eigenvalue weighted by Gasteiger charge is -2.32. The summed E-state index contributed by atoms with van der Waals surface area (Å²) in [5, 5.41) is 3.15. The van der Waals surface area contributed by atoms with Gasteiger partial charge in [0.25, 0.3) is 5.56 Å². The van der Waals surface area contributed by atoms with E-state index >= 15 is 0 Å². The van der Waals surface area contributed by atoms with Crippen LogP contribution in [0.2, 0.25) is 0 Å². The van der Waals surface area contributed by atoms with Crippen molar-refractivity contribution in [2.24, 2.45) is 0 Å². The molecule has 0 amide bonds. The van der Waals surface area contributed by atoms with E-state index < -0.39 is 5.60 Å². The molecule has 1 saturated heterocycles. The maximum Gasteiger partial charge on any atom is 0.255 e. The van der Waals surface area contributed by atoms with Gasteiger partial charge in [-0.15, -0.1) is 0 Å². The van der Waals surface area contributed by atoms with Gasteiger partial charge in [-0.25, -0.2) is 4.98 Å². The van der Waals surface area contributed by atoms with E-state index in [4.69, 9.17) is 4.74 Å². The second-order valence-corrected chi connectivity index (χ2v) is 4.98. The van der Waals surface area contributed by atoms with Crippen LogP contribution in [0, 0.1) is 0 Å². The van der Waals surface area contributed by atoms with Crippen molar-refractivity contribution in [3.8, 4) is 0 Å². The number of ether oxygens (including phenoxy) is 1. The highest BCUT2D eigenvalue weighted by molar-refractivity contribution is 5.23. The van der Waals surface area contributed by atoms with Crippen molar-refractivity contribution in [2.45, 2.75) is 44.9 Å². The Kier molecular flexibility index (Phi) is 2.52. The first-order valence-electron chi connectivity index (χ1n) is 6.16. The third-order valence-electron chi connectivity index (χ3n) is 3.67. The maximum absolute atomic E-state index is 11.9. The molecule has 0 bridgehead atoms. The number of fused-ring (bicyclic) bond motifs is 1. The Morgan fingerprint density at radius 3 is 3.00 bits per heavy atom. The monoisotopic (exact) mass is 235 g/mol. The number of nitrogens with zero attached hydrogens (tertiary/aromatic N) is 1. The Bertz CT molecular complexity index is 489. The number of H-pyrrole nitrogens is 1. The van der Waals surface area contributed by atoms with Crippen LogP contribution in [-0.4, -0.2) is 16.6 Å². The summed E-state index contributed by atoms with van der Waals surface area (Å²) in [5.74, 6) is 0.685. The molecule has 1 aromatic rings. The summed E-state index contributed by atoms with van der Waals surface area (Å²) in [6.45, 7) is 4.06. The molecule has 0 spiro atoms. The SMILES string of the molecule is CC1(c2nc3c(c(=O)[nH]2)CNC3)CCCCO1. The van der Waals surface area contributed by atoms with E-state index in [-0.39, 0.29) is 5.56 Å². The molecule has 0 saturated carbocycles. The molecule has 1 atom stereocenters. The molecular weight excluding hydrogens is 218 g/mol. The van der Waals surface area contributed by atoms with Crippen molar-refractivity contribution in [1.82, 2.24) is 15.3 Å². The molecule has 17 heavy (non-hydrogen) atoms. The van der Waals surface area contributed by atoms with Crippen LogP contribution in [0.15, 0.2) is 4.79 Å². The maximum atomic E-state index is 11.9. The molecule has 92 valence electrons. The van der Waals surface area contributed by atoms with E-state index in [1.54, 1.807) is 0 Å². The molecule has 1 fully saturated rings. The van der Waals surface area contributed by atoms with E-state index in [0.717, 1.165) is 37.1 Å². The first-order valence-corrected chi connectivity index (χ1v) is 6.16. The zero-order chi connectivity index (χ0) is 11.9. The van der Waals surface area contributed by atoms with Crippen molar-refractivity contribution in [2.75, 3.05) is 6.61 Å². The third-order valence-corrected chi connectivity index (χ3v) is 3.67. The fraction of sp³-hybridized carbons (Fsp3) is 0.667. The Morgan fingerprint density at radius 2 is 2.24 bits per heavy atom. The lowest BCUT2D eigenvalue weighted by atomic mass is 9.95.